The molecule has 0 bridgehead atoms. The van der Waals surface area contributed by atoms with Crippen LogP contribution in [0, 0.1) is 0 Å². The smallest absolute Gasteiger partial charge is 0.370 e. The van der Waals surface area contributed by atoms with E-state index in [1.807, 2.05) is 6.92 Å². The summed E-state index contributed by atoms with van der Waals surface area (Å²) in [6.45, 7) is 2.45. The third kappa shape index (κ3) is 5.55. The minimum Gasteiger partial charge on any atom is -0.370 e. The van der Waals surface area contributed by atoms with Gasteiger partial charge >= 0.3 is 6.18 Å². The Bertz CT molecular complexity index is 380. The summed E-state index contributed by atoms with van der Waals surface area (Å²) in [4.78, 5) is 7.73. The Labute approximate surface area is 103 Å². The highest BCUT2D eigenvalue weighted by atomic mass is 19.4. The van der Waals surface area contributed by atoms with Crippen molar-refractivity contribution in [2.45, 2.75) is 25.9 Å². The standard InChI is InChI=1S/C10H16F3N5/c1-2-4-15-7-6-8(18-9(14)17-7)16-5-3-10(11,12)13/h6H,2-5H2,1H3,(H4,14,15,16,17,18). The van der Waals surface area contributed by atoms with Crippen LogP contribution in [0.3, 0.4) is 0 Å². The number of halogens is 3. The zero-order valence-electron chi connectivity index (χ0n) is 10.0. The minimum absolute atomic E-state index is 0.0191. The van der Waals surface area contributed by atoms with E-state index in [-0.39, 0.29) is 18.3 Å². The summed E-state index contributed by atoms with van der Waals surface area (Å²) in [7, 11) is 0. The van der Waals surface area contributed by atoms with Gasteiger partial charge in [0.1, 0.15) is 11.6 Å². The largest absolute Gasteiger partial charge is 0.390 e. The normalized spacial score (nSPS) is 11.3. The molecule has 0 atom stereocenters. The van der Waals surface area contributed by atoms with Gasteiger partial charge in [-0.15, -0.1) is 0 Å². The summed E-state index contributed by atoms with van der Waals surface area (Å²) in [5.74, 6) is 0.801. The minimum atomic E-state index is -4.19. The van der Waals surface area contributed by atoms with E-state index in [9.17, 15) is 13.2 Å². The van der Waals surface area contributed by atoms with Gasteiger partial charge in [-0.05, 0) is 6.42 Å². The van der Waals surface area contributed by atoms with Crippen LogP contribution >= 0.6 is 0 Å². The van der Waals surface area contributed by atoms with Gasteiger partial charge < -0.3 is 16.4 Å². The molecule has 0 spiro atoms. The molecule has 102 valence electrons. The molecule has 0 fully saturated rings. The molecule has 4 N–H and O–H groups in total. The fourth-order valence-electron chi connectivity index (χ4n) is 1.23. The summed E-state index contributed by atoms with van der Waals surface area (Å²) >= 11 is 0. The van der Waals surface area contributed by atoms with Gasteiger partial charge in [0.2, 0.25) is 5.95 Å². The van der Waals surface area contributed by atoms with Gasteiger partial charge in [-0.25, -0.2) is 0 Å². The zero-order chi connectivity index (χ0) is 13.6. The van der Waals surface area contributed by atoms with Crippen molar-refractivity contribution < 1.29 is 13.2 Å². The maximum atomic E-state index is 12.0. The van der Waals surface area contributed by atoms with Crippen molar-refractivity contribution in [1.29, 1.82) is 0 Å². The first-order valence-electron chi connectivity index (χ1n) is 5.60. The van der Waals surface area contributed by atoms with Crippen molar-refractivity contribution in [2.24, 2.45) is 0 Å². The molecule has 0 unspecified atom stereocenters. The molecule has 0 amide bonds. The molecule has 0 radical (unpaired) electrons. The molecule has 0 saturated carbocycles. The Balaban J connectivity index is 2.57. The van der Waals surface area contributed by atoms with Gasteiger partial charge in [0, 0.05) is 19.2 Å². The number of hydrogen-bond donors (Lipinski definition) is 3. The van der Waals surface area contributed by atoms with Crippen molar-refractivity contribution in [3.8, 4) is 0 Å². The second-order valence-electron chi connectivity index (χ2n) is 3.72. The number of hydrogen-bond acceptors (Lipinski definition) is 5. The Morgan fingerprint density at radius 1 is 1.17 bits per heavy atom. The molecule has 1 aromatic rings. The molecular formula is C10H16F3N5. The number of nitrogens with two attached hydrogens (primary N) is 1. The van der Waals surface area contributed by atoms with Crippen molar-refractivity contribution in [1.82, 2.24) is 9.97 Å². The lowest BCUT2D eigenvalue weighted by atomic mass is 10.4. The third-order valence-corrected chi connectivity index (χ3v) is 2.01. The van der Waals surface area contributed by atoms with Crippen LogP contribution < -0.4 is 16.4 Å². The molecular weight excluding hydrogens is 247 g/mol. The lowest BCUT2D eigenvalue weighted by Gasteiger charge is -2.10. The highest BCUT2D eigenvalue weighted by Crippen LogP contribution is 2.19. The third-order valence-electron chi connectivity index (χ3n) is 2.01. The molecule has 0 aliphatic rings. The summed E-state index contributed by atoms with van der Waals surface area (Å²) in [6, 6.07) is 1.53. The van der Waals surface area contributed by atoms with Gasteiger partial charge in [0.05, 0.1) is 6.42 Å². The number of alkyl halides is 3. The van der Waals surface area contributed by atoms with Gasteiger partial charge in [-0.3, -0.25) is 0 Å². The Kier molecular flexibility index (Phi) is 4.99. The van der Waals surface area contributed by atoms with Gasteiger partial charge in [0.25, 0.3) is 0 Å². The summed E-state index contributed by atoms with van der Waals surface area (Å²) in [6.07, 6.45) is -4.20. The topological polar surface area (TPSA) is 75.9 Å². The average molecular weight is 263 g/mol. The maximum absolute atomic E-state index is 12.0. The highest BCUT2D eigenvalue weighted by molar-refractivity contribution is 5.50. The molecule has 0 aliphatic carbocycles. The first-order chi connectivity index (χ1) is 8.40. The van der Waals surface area contributed by atoms with E-state index in [1.165, 1.54) is 6.07 Å². The second kappa shape index (κ2) is 6.27. The fraction of sp³-hybridized carbons (Fsp3) is 0.600. The molecule has 1 aromatic heterocycles. The number of aromatic nitrogens is 2. The first kappa shape index (κ1) is 14.3. The van der Waals surface area contributed by atoms with Crippen molar-refractivity contribution in [3.63, 3.8) is 0 Å². The molecule has 8 heteroatoms. The van der Waals surface area contributed by atoms with Gasteiger partial charge in [-0.1, -0.05) is 6.92 Å². The number of nitrogen functional groups attached to an aromatic ring is 1. The van der Waals surface area contributed by atoms with Crippen LogP contribution in [0.4, 0.5) is 30.8 Å². The van der Waals surface area contributed by atoms with E-state index in [1.54, 1.807) is 0 Å². The monoisotopic (exact) mass is 263 g/mol. The average Bonchev–Trinajstić information content (AvgIpc) is 2.24. The van der Waals surface area contributed by atoms with Crippen LogP contribution in [0.25, 0.3) is 0 Å². The number of rotatable bonds is 6. The van der Waals surface area contributed by atoms with E-state index < -0.39 is 12.6 Å². The molecule has 0 aromatic carbocycles. The van der Waals surface area contributed by atoms with E-state index in [0.717, 1.165) is 6.42 Å². The number of anilines is 3. The summed E-state index contributed by atoms with van der Waals surface area (Å²) in [5, 5.41) is 5.56. The van der Waals surface area contributed by atoms with Crippen molar-refractivity contribution >= 4 is 17.6 Å². The van der Waals surface area contributed by atoms with Gasteiger partial charge in [0.15, 0.2) is 0 Å². The fourth-order valence-corrected chi connectivity index (χ4v) is 1.23. The number of nitrogens with zero attached hydrogens (tertiary/aromatic N) is 2. The van der Waals surface area contributed by atoms with E-state index in [4.69, 9.17) is 5.73 Å². The zero-order valence-corrected chi connectivity index (χ0v) is 10.0. The Morgan fingerprint density at radius 2 is 1.72 bits per heavy atom. The van der Waals surface area contributed by atoms with Crippen LogP contribution in [0.1, 0.15) is 19.8 Å². The number of nitrogens with one attached hydrogen (secondary N) is 2. The molecule has 0 saturated heterocycles. The predicted molar refractivity (Wildman–Crippen MR) is 64.4 cm³/mol. The Hall–Kier alpha value is -1.73. The molecule has 5 nitrogen and oxygen atoms in total. The van der Waals surface area contributed by atoms with Crippen molar-refractivity contribution in [3.05, 3.63) is 6.07 Å². The van der Waals surface area contributed by atoms with E-state index in [2.05, 4.69) is 20.6 Å². The highest BCUT2D eigenvalue weighted by Gasteiger charge is 2.26. The lowest BCUT2D eigenvalue weighted by molar-refractivity contribution is -0.131. The SMILES string of the molecule is CCCNc1cc(NCCC(F)(F)F)nc(N)n1. The summed E-state index contributed by atoms with van der Waals surface area (Å²) in [5.41, 5.74) is 5.46. The van der Waals surface area contributed by atoms with Crippen LogP contribution in [-0.2, 0) is 0 Å². The molecule has 0 aliphatic heterocycles. The van der Waals surface area contributed by atoms with Crippen molar-refractivity contribution in [2.75, 3.05) is 29.5 Å². The van der Waals surface area contributed by atoms with Gasteiger partial charge in [-0.2, -0.15) is 23.1 Å². The maximum Gasteiger partial charge on any atom is 0.390 e. The molecule has 18 heavy (non-hydrogen) atoms. The van der Waals surface area contributed by atoms with Crippen LogP contribution in [0.15, 0.2) is 6.07 Å². The van der Waals surface area contributed by atoms with Crippen LogP contribution in [-0.4, -0.2) is 29.2 Å². The quantitative estimate of drug-likeness (QED) is 0.734. The molecule has 1 rings (SSSR count). The van der Waals surface area contributed by atoms with E-state index in [0.29, 0.717) is 12.4 Å². The Morgan fingerprint density at radius 3 is 2.22 bits per heavy atom. The lowest BCUT2D eigenvalue weighted by Crippen LogP contribution is -2.16. The van der Waals surface area contributed by atoms with Crippen LogP contribution in [0.5, 0.6) is 0 Å². The first-order valence-corrected chi connectivity index (χ1v) is 5.60. The summed E-state index contributed by atoms with van der Waals surface area (Å²) < 4.78 is 35.9. The van der Waals surface area contributed by atoms with Crippen LogP contribution in [0.2, 0.25) is 0 Å². The second-order valence-corrected chi connectivity index (χ2v) is 3.72. The molecule has 1 heterocycles. The van der Waals surface area contributed by atoms with E-state index >= 15 is 0 Å². The predicted octanol–water partition coefficient (Wildman–Crippen LogP) is 2.24.